The zero-order valence-electron chi connectivity index (χ0n) is 9.02. The third-order valence-electron chi connectivity index (χ3n) is 2.29. The summed E-state index contributed by atoms with van der Waals surface area (Å²) < 4.78 is 0. The quantitative estimate of drug-likeness (QED) is 0.901. The van der Waals surface area contributed by atoms with Crippen LogP contribution >= 0.6 is 11.6 Å². The molecule has 0 unspecified atom stereocenters. The molecule has 0 saturated heterocycles. The van der Waals surface area contributed by atoms with Gasteiger partial charge in [-0.2, -0.15) is 5.26 Å². The molecular weight excluding hydrogens is 234 g/mol. The number of nitrogens with one attached hydrogen (secondary N) is 1. The van der Waals surface area contributed by atoms with Crippen LogP contribution in [-0.2, 0) is 6.54 Å². The first kappa shape index (κ1) is 11.4. The van der Waals surface area contributed by atoms with Crippen LogP contribution < -0.4 is 5.32 Å². The molecule has 0 amide bonds. The number of hydrogen-bond acceptors (Lipinski definition) is 3. The molecule has 0 atom stereocenters. The molecule has 1 N–H and O–H groups in total. The first-order valence-corrected chi connectivity index (χ1v) is 5.51. The number of anilines is 1. The number of nitriles is 1. The van der Waals surface area contributed by atoms with Gasteiger partial charge in [0.2, 0.25) is 0 Å². The Kier molecular flexibility index (Phi) is 3.59. The summed E-state index contributed by atoms with van der Waals surface area (Å²) in [7, 11) is 0. The zero-order valence-corrected chi connectivity index (χ0v) is 9.78. The van der Waals surface area contributed by atoms with E-state index >= 15 is 0 Å². The van der Waals surface area contributed by atoms with E-state index in [0.717, 1.165) is 11.4 Å². The molecule has 1 heterocycles. The monoisotopic (exact) mass is 243 g/mol. The summed E-state index contributed by atoms with van der Waals surface area (Å²) in [6.45, 7) is 0.581. The fourth-order valence-electron chi connectivity index (χ4n) is 1.45. The van der Waals surface area contributed by atoms with Crippen LogP contribution in [0.4, 0.5) is 5.69 Å². The number of rotatable bonds is 3. The van der Waals surface area contributed by atoms with E-state index in [-0.39, 0.29) is 0 Å². The van der Waals surface area contributed by atoms with Gasteiger partial charge in [0.15, 0.2) is 0 Å². The minimum absolute atomic E-state index is 0.536. The van der Waals surface area contributed by atoms with Crippen molar-refractivity contribution >= 4 is 17.3 Å². The summed E-state index contributed by atoms with van der Waals surface area (Å²) >= 11 is 5.82. The molecule has 0 bridgehead atoms. The highest BCUT2D eigenvalue weighted by Gasteiger charge is 2.02. The van der Waals surface area contributed by atoms with Crippen molar-refractivity contribution in [3.63, 3.8) is 0 Å². The highest BCUT2D eigenvalue weighted by atomic mass is 35.5. The predicted octanol–water partition coefficient (Wildman–Crippen LogP) is 3.22. The van der Waals surface area contributed by atoms with E-state index in [4.69, 9.17) is 16.9 Å². The highest BCUT2D eigenvalue weighted by Crippen LogP contribution is 2.20. The van der Waals surface area contributed by atoms with E-state index in [1.165, 1.54) is 0 Å². The molecule has 0 radical (unpaired) electrons. The first-order valence-electron chi connectivity index (χ1n) is 5.13. The number of benzene rings is 1. The average molecular weight is 244 g/mol. The largest absolute Gasteiger partial charge is 0.378 e. The van der Waals surface area contributed by atoms with Gasteiger partial charge in [0.1, 0.15) is 6.07 Å². The SMILES string of the molecule is N#Cc1cc(Cl)ccc1NCc1ccccn1. The Balaban J connectivity index is 2.12. The Bertz CT molecular complexity index is 546. The lowest BCUT2D eigenvalue weighted by Gasteiger charge is -2.07. The molecule has 0 spiro atoms. The Morgan fingerprint density at radius 3 is 2.88 bits per heavy atom. The summed E-state index contributed by atoms with van der Waals surface area (Å²) in [5, 5.41) is 12.7. The van der Waals surface area contributed by atoms with Gasteiger partial charge in [-0.3, -0.25) is 4.98 Å². The van der Waals surface area contributed by atoms with Crippen LogP contribution in [0.3, 0.4) is 0 Å². The minimum Gasteiger partial charge on any atom is -0.378 e. The molecule has 2 aromatic rings. The number of nitrogens with zero attached hydrogens (tertiary/aromatic N) is 2. The minimum atomic E-state index is 0.536. The average Bonchev–Trinajstić information content (AvgIpc) is 2.38. The summed E-state index contributed by atoms with van der Waals surface area (Å²) in [5.41, 5.74) is 2.22. The Morgan fingerprint density at radius 1 is 1.29 bits per heavy atom. The molecule has 17 heavy (non-hydrogen) atoms. The summed E-state index contributed by atoms with van der Waals surface area (Å²) in [5.74, 6) is 0. The lowest BCUT2D eigenvalue weighted by molar-refractivity contribution is 1.04. The van der Waals surface area contributed by atoms with Crippen molar-refractivity contribution in [2.45, 2.75) is 6.54 Å². The van der Waals surface area contributed by atoms with Crippen molar-refractivity contribution in [1.82, 2.24) is 4.98 Å². The highest BCUT2D eigenvalue weighted by molar-refractivity contribution is 6.30. The molecule has 0 saturated carbocycles. The van der Waals surface area contributed by atoms with Crippen LogP contribution in [0.2, 0.25) is 5.02 Å². The van der Waals surface area contributed by atoms with Gasteiger partial charge in [-0.05, 0) is 30.3 Å². The van der Waals surface area contributed by atoms with E-state index in [2.05, 4.69) is 16.4 Å². The summed E-state index contributed by atoms with van der Waals surface area (Å²) in [6.07, 6.45) is 1.74. The normalized spacial score (nSPS) is 9.65. The molecule has 2 rings (SSSR count). The Hall–Kier alpha value is -2.05. The fourth-order valence-corrected chi connectivity index (χ4v) is 1.62. The van der Waals surface area contributed by atoms with Crippen LogP contribution in [0.25, 0.3) is 0 Å². The zero-order chi connectivity index (χ0) is 12.1. The van der Waals surface area contributed by atoms with Crippen LogP contribution in [0.1, 0.15) is 11.3 Å². The maximum absolute atomic E-state index is 8.98. The van der Waals surface area contributed by atoms with Gasteiger partial charge < -0.3 is 5.32 Å². The molecule has 0 aliphatic heterocycles. The van der Waals surface area contributed by atoms with Crippen molar-refractivity contribution in [1.29, 1.82) is 5.26 Å². The molecule has 0 aliphatic carbocycles. The van der Waals surface area contributed by atoms with Crippen molar-refractivity contribution in [2.24, 2.45) is 0 Å². The number of hydrogen-bond donors (Lipinski definition) is 1. The van der Waals surface area contributed by atoms with Gasteiger partial charge in [-0.1, -0.05) is 17.7 Å². The number of pyridine rings is 1. The van der Waals surface area contributed by atoms with Crippen LogP contribution in [-0.4, -0.2) is 4.98 Å². The van der Waals surface area contributed by atoms with Crippen LogP contribution in [0, 0.1) is 11.3 Å². The smallest absolute Gasteiger partial charge is 0.101 e. The van der Waals surface area contributed by atoms with Gasteiger partial charge in [0.05, 0.1) is 23.5 Å². The van der Waals surface area contributed by atoms with E-state index in [1.807, 2.05) is 18.2 Å². The molecule has 0 aliphatic rings. The van der Waals surface area contributed by atoms with Crippen molar-refractivity contribution < 1.29 is 0 Å². The van der Waals surface area contributed by atoms with Gasteiger partial charge in [0.25, 0.3) is 0 Å². The third-order valence-corrected chi connectivity index (χ3v) is 2.52. The predicted molar refractivity (Wildman–Crippen MR) is 67.7 cm³/mol. The first-order chi connectivity index (χ1) is 8.29. The molecule has 4 heteroatoms. The van der Waals surface area contributed by atoms with Gasteiger partial charge in [-0.15, -0.1) is 0 Å². The summed E-state index contributed by atoms with van der Waals surface area (Å²) in [4.78, 5) is 4.20. The second-order valence-electron chi connectivity index (χ2n) is 3.48. The Labute approximate surface area is 105 Å². The lowest BCUT2D eigenvalue weighted by atomic mass is 10.2. The standard InChI is InChI=1S/C13H10ClN3/c14-11-4-5-13(10(7-11)8-15)17-9-12-3-1-2-6-16-12/h1-7,17H,9H2. The van der Waals surface area contributed by atoms with Gasteiger partial charge in [-0.25, -0.2) is 0 Å². The topological polar surface area (TPSA) is 48.7 Å². The molecule has 1 aromatic carbocycles. The van der Waals surface area contributed by atoms with E-state index in [1.54, 1.807) is 24.4 Å². The molecule has 3 nitrogen and oxygen atoms in total. The maximum atomic E-state index is 8.98. The third kappa shape index (κ3) is 2.96. The van der Waals surface area contributed by atoms with Crippen molar-refractivity contribution in [2.75, 3.05) is 5.32 Å². The lowest BCUT2D eigenvalue weighted by Crippen LogP contribution is -2.02. The van der Waals surface area contributed by atoms with Crippen LogP contribution in [0.5, 0.6) is 0 Å². The fraction of sp³-hybridized carbons (Fsp3) is 0.0769. The van der Waals surface area contributed by atoms with E-state index in [9.17, 15) is 0 Å². The van der Waals surface area contributed by atoms with Crippen molar-refractivity contribution in [3.8, 4) is 6.07 Å². The van der Waals surface area contributed by atoms with Gasteiger partial charge >= 0.3 is 0 Å². The molecule has 0 fully saturated rings. The second kappa shape index (κ2) is 5.33. The molecule has 84 valence electrons. The maximum Gasteiger partial charge on any atom is 0.101 e. The Morgan fingerprint density at radius 2 is 2.18 bits per heavy atom. The van der Waals surface area contributed by atoms with Crippen LogP contribution in [0.15, 0.2) is 42.6 Å². The van der Waals surface area contributed by atoms with Crippen molar-refractivity contribution in [3.05, 3.63) is 58.9 Å². The number of aromatic nitrogens is 1. The summed E-state index contributed by atoms with van der Waals surface area (Å²) in [6, 6.07) is 13.0. The second-order valence-corrected chi connectivity index (χ2v) is 3.91. The molecular formula is C13H10ClN3. The van der Waals surface area contributed by atoms with Gasteiger partial charge in [0, 0.05) is 11.2 Å². The number of halogens is 1. The molecule has 1 aromatic heterocycles. The van der Waals surface area contributed by atoms with E-state index in [0.29, 0.717) is 17.1 Å². The van der Waals surface area contributed by atoms with E-state index < -0.39 is 0 Å².